The molecule has 0 fully saturated rings. The van der Waals surface area contributed by atoms with Gasteiger partial charge in [0.1, 0.15) is 4.90 Å². The van der Waals surface area contributed by atoms with E-state index in [1.807, 2.05) is 6.07 Å². The third-order valence-corrected chi connectivity index (χ3v) is 5.43. The van der Waals surface area contributed by atoms with Gasteiger partial charge in [-0.3, -0.25) is 5.84 Å². The van der Waals surface area contributed by atoms with Crippen molar-refractivity contribution in [1.29, 1.82) is 0 Å². The highest BCUT2D eigenvalue weighted by Gasteiger charge is 2.17. The van der Waals surface area contributed by atoms with Crippen molar-refractivity contribution in [3.05, 3.63) is 45.6 Å². The first-order valence-electron chi connectivity index (χ1n) is 5.82. The van der Waals surface area contributed by atoms with E-state index in [0.717, 1.165) is 4.88 Å². The van der Waals surface area contributed by atoms with Crippen molar-refractivity contribution in [3.63, 3.8) is 0 Å². The number of hydrogen-bond acceptors (Lipinski definition) is 5. The summed E-state index contributed by atoms with van der Waals surface area (Å²) in [6.45, 7) is 0.304. The van der Waals surface area contributed by atoms with Crippen LogP contribution in [0.1, 0.15) is 4.88 Å². The first-order chi connectivity index (χ1) is 9.53. The lowest BCUT2D eigenvalue weighted by Gasteiger charge is -2.10. The number of thiophene rings is 1. The van der Waals surface area contributed by atoms with Gasteiger partial charge in [-0.05, 0) is 30.7 Å². The maximum Gasteiger partial charge on any atom is 0.242 e. The molecule has 0 saturated carbocycles. The fourth-order valence-electron chi connectivity index (χ4n) is 1.69. The van der Waals surface area contributed by atoms with Gasteiger partial charge in [0.15, 0.2) is 0 Å². The predicted molar refractivity (Wildman–Crippen MR) is 82.5 cm³/mol. The molecule has 0 saturated heterocycles. The molecule has 1 aromatic carbocycles. The Morgan fingerprint density at radius 2 is 1.95 bits per heavy atom. The molecule has 1 aromatic heterocycles. The van der Waals surface area contributed by atoms with Gasteiger partial charge < -0.3 is 5.43 Å². The Hall–Kier alpha value is -1.12. The van der Waals surface area contributed by atoms with Crippen LogP contribution < -0.4 is 16.0 Å². The minimum atomic E-state index is -3.59. The summed E-state index contributed by atoms with van der Waals surface area (Å²) in [5.74, 6) is 5.31. The molecule has 5 nitrogen and oxygen atoms in total. The van der Waals surface area contributed by atoms with Gasteiger partial charge in [0.25, 0.3) is 0 Å². The number of nitrogens with one attached hydrogen (secondary N) is 2. The van der Waals surface area contributed by atoms with Crippen LogP contribution in [0.15, 0.2) is 41.3 Å². The van der Waals surface area contributed by atoms with Crippen LogP contribution in [0.25, 0.3) is 0 Å². The van der Waals surface area contributed by atoms with E-state index in [-0.39, 0.29) is 4.90 Å². The lowest BCUT2D eigenvalue weighted by Crippen LogP contribution is -2.27. The minimum Gasteiger partial charge on any atom is -0.323 e. The van der Waals surface area contributed by atoms with Gasteiger partial charge in [0.05, 0.1) is 10.0 Å². The van der Waals surface area contributed by atoms with E-state index < -0.39 is 10.0 Å². The van der Waals surface area contributed by atoms with E-state index in [0.29, 0.717) is 23.0 Å². The molecule has 8 heteroatoms. The number of nitrogen functional groups attached to an aromatic ring is 1. The summed E-state index contributed by atoms with van der Waals surface area (Å²) in [4.78, 5) is 1.16. The zero-order valence-electron chi connectivity index (χ0n) is 10.5. The van der Waals surface area contributed by atoms with Crippen molar-refractivity contribution in [2.45, 2.75) is 11.3 Å². The Kier molecular flexibility index (Phi) is 5.00. The van der Waals surface area contributed by atoms with Gasteiger partial charge in [-0.2, -0.15) is 0 Å². The molecule has 2 aromatic rings. The van der Waals surface area contributed by atoms with Crippen LogP contribution in [0, 0.1) is 0 Å². The highest BCUT2D eigenvalue weighted by molar-refractivity contribution is 7.89. The topological polar surface area (TPSA) is 84.2 Å². The molecule has 0 unspecified atom stereocenters. The van der Waals surface area contributed by atoms with Crippen molar-refractivity contribution in [1.82, 2.24) is 4.72 Å². The lowest BCUT2D eigenvalue weighted by atomic mass is 10.3. The second kappa shape index (κ2) is 6.55. The van der Waals surface area contributed by atoms with Gasteiger partial charge >= 0.3 is 0 Å². The number of hydrogen-bond donors (Lipinski definition) is 3. The molecule has 0 aliphatic heterocycles. The molecule has 1 heterocycles. The Labute approximate surface area is 126 Å². The van der Waals surface area contributed by atoms with Crippen LogP contribution in [0.5, 0.6) is 0 Å². The van der Waals surface area contributed by atoms with Crippen LogP contribution in [-0.4, -0.2) is 15.0 Å². The summed E-state index contributed by atoms with van der Waals surface area (Å²) >= 11 is 7.26. The van der Waals surface area contributed by atoms with E-state index in [1.54, 1.807) is 24.3 Å². The molecule has 0 amide bonds. The van der Waals surface area contributed by atoms with Crippen molar-refractivity contribution >= 4 is 38.6 Å². The van der Waals surface area contributed by atoms with Crippen molar-refractivity contribution in [3.8, 4) is 0 Å². The summed E-state index contributed by atoms with van der Waals surface area (Å²) in [7, 11) is -3.59. The maximum atomic E-state index is 12.2. The van der Waals surface area contributed by atoms with Gasteiger partial charge in [-0.25, -0.2) is 13.1 Å². The fourth-order valence-corrected chi connectivity index (χ4v) is 3.98. The lowest BCUT2D eigenvalue weighted by molar-refractivity contribution is 0.582. The molecule has 0 radical (unpaired) electrons. The average molecular weight is 332 g/mol. The number of para-hydroxylation sites is 1. The Morgan fingerprint density at radius 1 is 1.20 bits per heavy atom. The van der Waals surface area contributed by atoms with Crippen LogP contribution in [-0.2, 0) is 16.4 Å². The zero-order chi connectivity index (χ0) is 14.6. The number of halogens is 1. The summed E-state index contributed by atoms with van der Waals surface area (Å²) in [5.41, 5.74) is 2.74. The van der Waals surface area contributed by atoms with E-state index in [1.165, 1.54) is 17.4 Å². The van der Waals surface area contributed by atoms with E-state index in [2.05, 4.69) is 10.1 Å². The number of sulfonamides is 1. The predicted octanol–water partition coefficient (Wildman–Crippen LogP) is 2.21. The molecule has 0 aliphatic rings. The number of rotatable bonds is 6. The molecule has 0 atom stereocenters. The van der Waals surface area contributed by atoms with Crippen LogP contribution in [0.3, 0.4) is 0 Å². The maximum absolute atomic E-state index is 12.2. The smallest absolute Gasteiger partial charge is 0.242 e. The molecular weight excluding hydrogens is 318 g/mol. The first kappa shape index (κ1) is 15.3. The molecule has 0 spiro atoms. The summed E-state index contributed by atoms with van der Waals surface area (Å²) in [5, 5.41) is 0. The van der Waals surface area contributed by atoms with Crippen molar-refractivity contribution < 1.29 is 8.42 Å². The molecule has 4 N–H and O–H groups in total. The Bertz CT molecular complexity index is 686. The van der Waals surface area contributed by atoms with Crippen LogP contribution in [0.2, 0.25) is 4.34 Å². The Morgan fingerprint density at radius 3 is 2.60 bits per heavy atom. The molecule has 108 valence electrons. The number of benzene rings is 1. The molecule has 0 aliphatic carbocycles. The standard InChI is InChI=1S/C12H14ClN3O2S2/c13-12-6-5-9(19-12)7-8-15-20(17,18)11-4-2-1-3-10(11)16-14/h1-6,15-16H,7-8,14H2. The third-order valence-electron chi connectivity index (χ3n) is 2.62. The van der Waals surface area contributed by atoms with Crippen molar-refractivity contribution in [2.24, 2.45) is 5.84 Å². The van der Waals surface area contributed by atoms with E-state index in [4.69, 9.17) is 17.4 Å². The highest BCUT2D eigenvalue weighted by Crippen LogP contribution is 2.22. The number of hydrazine groups is 1. The molecule has 0 bridgehead atoms. The second-order valence-corrected chi connectivity index (χ2v) is 7.53. The summed E-state index contributed by atoms with van der Waals surface area (Å²) in [6, 6.07) is 10.1. The van der Waals surface area contributed by atoms with Crippen LogP contribution in [0.4, 0.5) is 5.69 Å². The second-order valence-electron chi connectivity index (χ2n) is 3.99. The summed E-state index contributed by atoms with van der Waals surface area (Å²) in [6.07, 6.45) is 0.592. The van der Waals surface area contributed by atoms with Gasteiger partial charge in [-0.1, -0.05) is 23.7 Å². The first-order valence-corrected chi connectivity index (χ1v) is 8.50. The van der Waals surface area contributed by atoms with Gasteiger partial charge in [-0.15, -0.1) is 11.3 Å². The largest absolute Gasteiger partial charge is 0.323 e. The average Bonchev–Trinajstić information content (AvgIpc) is 2.84. The normalized spacial score (nSPS) is 11.5. The quantitative estimate of drug-likeness (QED) is 0.559. The van der Waals surface area contributed by atoms with E-state index in [9.17, 15) is 8.42 Å². The van der Waals surface area contributed by atoms with Gasteiger partial charge in [0.2, 0.25) is 10.0 Å². The zero-order valence-corrected chi connectivity index (χ0v) is 12.9. The Balaban J connectivity index is 2.04. The molecular formula is C12H14ClN3O2S2. The number of nitrogens with two attached hydrogens (primary N) is 1. The SMILES string of the molecule is NNc1ccccc1S(=O)(=O)NCCc1ccc(Cl)s1. The molecule has 20 heavy (non-hydrogen) atoms. The van der Waals surface area contributed by atoms with E-state index >= 15 is 0 Å². The van der Waals surface area contributed by atoms with Crippen LogP contribution >= 0.6 is 22.9 Å². The summed E-state index contributed by atoms with van der Waals surface area (Å²) < 4.78 is 27.6. The minimum absolute atomic E-state index is 0.131. The van der Waals surface area contributed by atoms with Gasteiger partial charge in [0, 0.05) is 11.4 Å². The van der Waals surface area contributed by atoms with Crippen molar-refractivity contribution in [2.75, 3.05) is 12.0 Å². The number of anilines is 1. The third kappa shape index (κ3) is 3.71. The fraction of sp³-hybridized carbons (Fsp3) is 0.167. The molecule has 2 rings (SSSR count). The highest BCUT2D eigenvalue weighted by atomic mass is 35.5. The monoisotopic (exact) mass is 331 g/mol.